The Kier molecular flexibility index (Phi) is 6.63. The van der Waals surface area contributed by atoms with Gasteiger partial charge in [0.1, 0.15) is 0 Å². The van der Waals surface area contributed by atoms with Gasteiger partial charge in [0.25, 0.3) is 0 Å². The van der Waals surface area contributed by atoms with Gasteiger partial charge in [-0.2, -0.15) is 0 Å². The Balaban J connectivity index is 1.70. The summed E-state index contributed by atoms with van der Waals surface area (Å²) in [6.07, 6.45) is 12.0. The molecule has 0 aromatic carbocycles. The first kappa shape index (κ1) is 21.4. The normalized spacial score (nSPS) is 50.4. The first-order valence-electron chi connectivity index (χ1n) is 12.2. The predicted octanol–water partition coefficient (Wildman–Crippen LogP) is 8.65. The van der Waals surface area contributed by atoms with Crippen LogP contribution in [0.1, 0.15) is 79.1 Å². The van der Waals surface area contributed by atoms with Crippen molar-refractivity contribution < 1.29 is 0 Å². The molecule has 0 N–H and O–H groups in total. The second-order valence-corrected chi connectivity index (χ2v) is 18.5. The van der Waals surface area contributed by atoms with Crippen molar-refractivity contribution in [2.24, 2.45) is 35.5 Å². The van der Waals surface area contributed by atoms with E-state index in [1.807, 2.05) is 0 Å². The van der Waals surface area contributed by atoms with Gasteiger partial charge in [-0.1, -0.05) is 97.3 Å². The summed E-state index contributed by atoms with van der Waals surface area (Å²) in [5, 5.41) is 0. The van der Waals surface area contributed by atoms with Crippen LogP contribution in [-0.4, -0.2) is 17.7 Å². The summed E-state index contributed by atoms with van der Waals surface area (Å²) in [7, 11) is -1.32. The second-order valence-electron chi connectivity index (χ2n) is 11.0. The highest BCUT2D eigenvalue weighted by atomic mass is 79.9. The first-order valence-corrected chi connectivity index (χ1v) is 16.6. The van der Waals surface area contributed by atoms with Crippen LogP contribution in [0.4, 0.5) is 0 Å². The molecule has 0 saturated heterocycles. The Morgan fingerprint density at radius 3 is 1.44 bits per heavy atom. The summed E-state index contributed by atoms with van der Waals surface area (Å²) in [6.45, 7) is 10.6. The van der Waals surface area contributed by atoms with Gasteiger partial charge in [0.15, 0.2) is 0 Å². The summed E-state index contributed by atoms with van der Waals surface area (Å²) in [5.74, 6) is 6.07. The molecule has 0 aromatic rings. The quantitative estimate of drug-likeness (QED) is 0.258. The highest BCUT2D eigenvalue weighted by Gasteiger charge is 2.61. The molecule has 4 aliphatic carbocycles. The minimum Gasteiger partial charge on any atom is -0.0888 e. The fourth-order valence-electron chi connectivity index (χ4n) is 9.42. The maximum Gasteiger partial charge on any atom is 0.0603 e. The Labute approximate surface area is 186 Å². The number of alkyl halides is 2. The van der Waals surface area contributed by atoms with Crippen molar-refractivity contribution in [3.05, 3.63) is 0 Å². The zero-order chi connectivity index (χ0) is 19.3. The van der Waals surface area contributed by atoms with Gasteiger partial charge in [-0.15, -0.1) is 0 Å². The molecule has 3 heteroatoms. The molecule has 10 atom stereocenters. The van der Waals surface area contributed by atoms with Crippen LogP contribution in [0.25, 0.3) is 0 Å². The average molecular weight is 518 g/mol. The Morgan fingerprint density at radius 1 is 0.667 bits per heavy atom. The van der Waals surface area contributed by atoms with Crippen molar-refractivity contribution in [3.63, 3.8) is 0 Å². The van der Waals surface area contributed by atoms with Crippen LogP contribution in [0.15, 0.2) is 0 Å². The third kappa shape index (κ3) is 3.40. The number of hydrogen-bond acceptors (Lipinski definition) is 0. The van der Waals surface area contributed by atoms with E-state index in [0.29, 0.717) is 0 Å². The minimum absolute atomic E-state index is 0.819. The maximum absolute atomic E-state index is 4.13. The van der Waals surface area contributed by atoms with E-state index < -0.39 is 8.07 Å². The predicted molar refractivity (Wildman–Crippen MR) is 129 cm³/mol. The molecule has 0 amide bonds. The smallest absolute Gasteiger partial charge is 0.0603 e. The van der Waals surface area contributed by atoms with Crippen LogP contribution in [0, 0.1) is 35.5 Å². The lowest BCUT2D eigenvalue weighted by Crippen LogP contribution is -2.51. The molecule has 27 heavy (non-hydrogen) atoms. The molecule has 0 bridgehead atoms. The van der Waals surface area contributed by atoms with E-state index in [4.69, 9.17) is 0 Å². The lowest BCUT2D eigenvalue weighted by molar-refractivity contribution is 0.272. The van der Waals surface area contributed by atoms with Crippen molar-refractivity contribution >= 4 is 39.9 Å². The topological polar surface area (TPSA) is 0 Å². The summed E-state index contributed by atoms with van der Waals surface area (Å²) < 4.78 is 0. The average Bonchev–Trinajstić information content (AvgIpc) is 3.17. The van der Waals surface area contributed by atoms with Gasteiger partial charge in [-0.05, 0) is 72.3 Å². The van der Waals surface area contributed by atoms with Crippen LogP contribution in [0.3, 0.4) is 0 Å². The van der Waals surface area contributed by atoms with Crippen molar-refractivity contribution in [2.45, 2.75) is 112 Å². The van der Waals surface area contributed by atoms with Gasteiger partial charge in [0.05, 0.1) is 8.07 Å². The molecule has 156 valence electrons. The highest BCUT2D eigenvalue weighted by Crippen LogP contribution is 2.67. The highest BCUT2D eigenvalue weighted by molar-refractivity contribution is 9.09. The summed E-state index contributed by atoms with van der Waals surface area (Å²) >= 11 is 8.26. The molecular weight excluding hydrogens is 476 g/mol. The standard InChI is InChI=1S/C24H42Br2Si/c1-5-27(6-2,23-15(3)13-19-17(23)9-7-11-21(19)25)24-16(4)14-20-18(24)10-8-12-22(20)26/h15-24H,5-14H2,1-4H3. The molecule has 0 aliphatic heterocycles. The van der Waals surface area contributed by atoms with Crippen molar-refractivity contribution in [1.29, 1.82) is 0 Å². The maximum atomic E-state index is 4.13. The van der Waals surface area contributed by atoms with E-state index in [1.54, 1.807) is 24.9 Å². The van der Waals surface area contributed by atoms with Crippen molar-refractivity contribution in [2.75, 3.05) is 0 Å². The number of hydrogen-bond donors (Lipinski definition) is 0. The molecule has 10 unspecified atom stereocenters. The fourth-order valence-corrected chi connectivity index (χ4v) is 19.2. The molecular formula is C24H42Br2Si. The van der Waals surface area contributed by atoms with Crippen LogP contribution < -0.4 is 0 Å². The van der Waals surface area contributed by atoms with Crippen LogP contribution >= 0.6 is 31.9 Å². The first-order chi connectivity index (χ1) is 12.9. The monoisotopic (exact) mass is 516 g/mol. The summed E-state index contributed by atoms with van der Waals surface area (Å²) in [5.41, 5.74) is 2.22. The van der Waals surface area contributed by atoms with Gasteiger partial charge in [0, 0.05) is 9.65 Å². The van der Waals surface area contributed by atoms with E-state index in [1.165, 1.54) is 38.5 Å². The molecule has 4 fully saturated rings. The second kappa shape index (κ2) is 8.37. The third-order valence-electron chi connectivity index (χ3n) is 10.1. The Morgan fingerprint density at radius 2 is 1.07 bits per heavy atom. The third-order valence-corrected chi connectivity index (χ3v) is 19.7. The van der Waals surface area contributed by atoms with Gasteiger partial charge >= 0.3 is 0 Å². The number of rotatable bonds is 4. The van der Waals surface area contributed by atoms with E-state index in [2.05, 4.69) is 59.6 Å². The lowest BCUT2D eigenvalue weighted by atomic mass is 9.81. The molecule has 0 spiro atoms. The minimum atomic E-state index is -1.32. The largest absolute Gasteiger partial charge is 0.0888 e. The Bertz CT molecular complexity index is 477. The van der Waals surface area contributed by atoms with Gasteiger partial charge in [-0.25, -0.2) is 0 Å². The zero-order valence-corrected chi connectivity index (χ0v) is 22.3. The summed E-state index contributed by atoms with van der Waals surface area (Å²) in [4.78, 5) is 1.64. The molecule has 4 saturated carbocycles. The van der Waals surface area contributed by atoms with Crippen LogP contribution in [-0.2, 0) is 0 Å². The SMILES string of the molecule is CC[Si](CC)(C1C(C)CC2C(Br)CCCC21)C1C(C)CC2C(Br)CCCC21. The van der Waals surface area contributed by atoms with Crippen molar-refractivity contribution in [1.82, 2.24) is 0 Å². The van der Waals surface area contributed by atoms with Gasteiger partial charge < -0.3 is 0 Å². The van der Waals surface area contributed by atoms with Crippen molar-refractivity contribution in [3.8, 4) is 0 Å². The molecule has 0 nitrogen and oxygen atoms in total. The van der Waals surface area contributed by atoms with E-state index in [9.17, 15) is 0 Å². The fraction of sp³-hybridized carbons (Fsp3) is 1.00. The summed E-state index contributed by atoms with van der Waals surface area (Å²) in [6, 6.07) is 3.11. The molecule has 0 radical (unpaired) electrons. The van der Waals surface area contributed by atoms with Crippen LogP contribution in [0.5, 0.6) is 0 Å². The van der Waals surface area contributed by atoms with Gasteiger partial charge in [0.2, 0.25) is 0 Å². The molecule has 4 aliphatic rings. The Hall–Kier alpha value is 1.18. The molecule has 0 heterocycles. The van der Waals surface area contributed by atoms with Gasteiger partial charge in [-0.3, -0.25) is 0 Å². The van der Waals surface area contributed by atoms with E-state index in [-0.39, 0.29) is 0 Å². The molecule has 0 aromatic heterocycles. The van der Waals surface area contributed by atoms with E-state index in [0.717, 1.165) is 56.2 Å². The lowest BCUT2D eigenvalue weighted by Gasteiger charge is -2.51. The molecule has 4 rings (SSSR count). The van der Waals surface area contributed by atoms with Crippen LogP contribution in [0.2, 0.25) is 23.2 Å². The zero-order valence-electron chi connectivity index (χ0n) is 18.1. The number of fused-ring (bicyclic) bond motifs is 2. The number of halogens is 2. The van der Waals surface area contributed by atoms with E-state index >= 15 is 0 Å².